The molecule has 0 spiro atoms. The Labute approximate surface area is 102 Å². The Balaban J connectivity index is 1.92. The van der Waals surface area contributed by atoms with Crippen LogP contribution in [-0.2, 0) is 0 Å². The summed E-state index contributed by atoms with van der Waals surface area (Å²) in [5, 5.41) is 3.35. The lowest BCUT2D eigenvalue weighted by Gasteiger charge is -2.32. The monoisotopic (exact) mass is 235 g/mol. The maximum absolute atomic E-state index is 5.62. The number of hydrogen-bond acceptors (Lipinski definition) is 5. The summed E-state index contributed by atoms with van der Waals surface area (Å²) >= 11 is 0. The van der Waals surface area contributed by atoms with Crippen molar-refractivity contribution in [1.82, 2.24) is 14.9 Å². The highest BCUT2D eigenvalue weighted by atomic mass is 15.2. The van der Waals surface area contributed by atoms with Crippen LogP contribution in [0.2, 0.25) is 0 Å². The number of rotatable bonds is 3. The molecule has 0 saturated carbocycles. The maximum atomic E-state index is 5.62. The van der Waals surface area contributed by atoms with Crippen molar-refractivity contribution in [2.75, 3.05) is 31.2 Å². The minimum Gasteiger partial charge on any atom is -0.368 e. The summed E-state index contributed by atoms with van der Waals surface area (Å²) in [7, 11) is 2.19. The van der Waals surface area contributed by atoms with E-state index in [0.717, 1.165) is 18.1 Å². The third kappa shape index (κ3) is 3.30. The van der Waals surface area contributed by atoms with E-state index in [4.69, 9.17) is 5.73 Å². The average molecular weight is 235 g/mol. The number of aromatic nitrogens is 2. The van der Waals surface area contributed by atoms with Crippen molar-refractivity contribution >= 4 is 11.8 Å². The molecule has 1 saturated heterocycles. The fourth-order valence-electron chi connectivity index (χ4n) is 2.31. The van der Waals surface area contributed by atoms with Gasteiger partial charge in [-0.3, -0.25) is 0 Å². The average Bonchev–Trinajstić information content (AvgIpc) is 2.27. The van der Waals surface area contributed by atoms with Gasteiger partial charge in [0.15, 0.2) is 0 Å². The molecule has 0 aromatic carbocycles. The second-order valence-corrected chi connectivity index (χ2v) is 4.76. The van der Waals surface area contributed by atoms with Crippen molar-refractivity contribution in [3.63, 3.8) is 0 Å². The molecule has 5 nitrogen and oxygen atoms in total. The van der Waals surface area contributed by atoms with Gasteiger partial charge in [-0.15, -0.1) is 0 Å². The fourth-order valence-corrected chi connectivity index (χ4v) is 2.31. The lowest BCUT2D eigenvalue weighted by Crippen LogP contribution is -2.40. The van der Waals surface area contributed by atoms with Gasteiger partial charge in [-0.2, -0.15) is 4.98 Å². The maximum Gasteiger partial charge on any atom is 0.222 e. The lowest BCUT2D eigenvalue weighted by molar-refractivity contribution is 0.194. The minimum atomic E-state index is 0.337. The van der Waals surface area contributed by atoms with Crippen LogP contribution in [-0.4, -0.2) is 41.0 Å². The Kier molecular flexibility index (Phi) is 3.78. The predicted octanol–water partition coefficient (Wildman–Crippen LogP) is 1.26. The quantitative estimate of drug-likeness (QED) is 0.825. The molecule has 0 bridgehead atoms. The van der Waals surface area contributed by atoms with E-state index in [0.29, 0.717) is 12.0 Å². The van der Waals surface area contributed by atoms with Crippen molar-refractivity contribution in [2.24, 2.45) is 0 Å². The van der Waals surface area contributed by atoms with Crippen LogP contribution in [0.5, 0.6) is 0 Å². The van der Waals surface area contributed by atoms with Gasteiger partial charge in [-0.25, -0.2) is 4.98 Å². The highest BCUT2D eigenvalue weighted by Crippen LogP contribution is 2.16. The smallest absolute Gasteiger partial charge is 0.222 e. The molecule has 0 radical (unpaired) electrons. The standard InChI is InChI=1S/C12H21N5/c1-9-7-11(16-12(13)15-9)14-8-10-5-3-4-6-17(10)2/h7,10H,3-6,8H2,1-2H3,(H3,13,14,15,16). The number of nitrogens with one attached hydrogen (secondary N) is 1. The van der Waals surface area contributed by atoms with E-state index in [1.807, 2.05) is 13.0 Å². The summed E-state index contributed by atoms with van der Waals surface area (Å²) in [6.45, 7) is 4.04. The zero-order valence-corrected chi connectivity index (χ0v) is 10.6. The molecular weight excluding hydrogens is 214 g/mol. The predicted molar refractivity (Wildman–Crippen MR) is 69.9 cm³/mol. The normalized spacial score (nSPS) is 21.4. The highest BCUT2D eigenvalue weighted by Gasteiger charge is 2.18. The summed E-state index contributed by atoms with van der Waals surface area (Å²) < 4.78 is 0. The van der Waals surface area contributed by atoms with E-state index in [-0.39, 0.29) is 0 Å². The van der Waals surface area contributed by atoms with Crippen LogP contribution in [0.15, 0.2) is 6.07 Å². The second kappa shape index (κ2) is 5.31. The van der Waals surface area contributed by atoms with Crippen molar-refractivity contribution in [3.8, 4) is 0 Å². The van der Waals surface area contributed by atoms with Gasteiger partial charge in [0, 0.05) is 24.3 Å². The zero-order valence-electron chi connectivity index (χ0n) is 10.6. The molecule has 1 aromatic heterocycles. The van der Waals surface area contributed by atoms with Crippen molar-refractivity contribution < 1.29 is 0 Å². The number of aryl methyl sites for hydroxylation is 1. The van der Waals surface area contributed by atoms with Gasteiger partial charge < -0.3 is 16.0 Å². The molecule has 1 aliphatic heterocycles. The topological polar surface area (TPSA) is 67.1 Å². The largest absolute Gasteiger partial charge is 0.368 e. The van der Waals surface area contributed by atoms with Crippen LogP contribution in [0, 0.1) is 6.92 Å². The first kappa shape index (κ1) is 12.1. The second-order valence-electron chi connectivity index (χ2n) is 4.76. The number of nitrogens with two attached hydrogens (primary N) is 1. The molecular formula is C12H21N5. The fraction of sp³-hybridized carbons (Fsp3) is 0.667. The van der Waals surface area contributed by atoms with Crippen LogP contribution < -0.4 is 11.1 Å². The summed E-state index contributed by atoms with van der Waals surface area (Å²) in [5.74, 6) is 1.17. The van der Waals surface area contributed by atoms with E-state index in [9.17, 15) is 0 Å². The Morgan fingerprint density at radius 1 is 1.47 bits per heavy atom. The Morgan fingerprint density at radius 2 is 2.29 bits per heavy atom. The molecule has 0 amide bonds. The summed E-state index contributed by atoms with van der Waals surface area (Å²) in [5.41, 5.74) is 6.52. The van der Waals surface area contributed by atoms with Gasteiger partial charge in [0.25, 0.3) is 0 Å². The molecule has 5 heteroatoms. The van der Waals surface area contributed by atoms with E-state index in [1.165, 1.54) is 25.8 Å². The van der Waals surface area contributed by atoms with Crippen LogP contribution in [0.25, 0.3) is 0 Å². The minimum absolute atomic E-state index is 0.337. The number of nitrogens with zero attached hydrogens (tertiary/aromatic N) is 3. The molecule has 0 aliphatic carbocycles. The van der Waals surface area contributed by atoms with E-state index < -0.39 is 0 Å². The number of likely N-dealkylation sites (N-methyl/N-ethyl adjacent to an activating group) is 1. The number of anilines is 2. The first-order chi connectivity index (χ1) is 8.15. The number of likely N-dealkylation sites (tertiary alicyclic amines) is 1. The van der Waals surface area contributed by atoms with Gasteiger partial charge in [-0.05, 0) is 33.4 Å². The molecule has 3 N–H and O–H groups in total. The van der Waals surface area contributed by atoms with Gasteiger partial charge >= 0.3 is 0 Å². The Hall–Kier alpha value is -1.36. The molecule has 1 unspecified atom stereocenters. The summed E-state index contributed by atoms with van der Waals surface area (Å²) in [6, 6.07) is 2.53. The zero-order chi connectivity index (χ0) is 12.3. The van der Waals surface area contributed by atoms with Crippen molar-refractivity contribution in [2.45, 2.75) is 32.2 Å². The molecule has 17 heavy (non-hydrogen) atoms. The molecule has 1 fully saturated rings. The van der Waals surface area contributed by atoms with Crippen molar-refractivity contribution in [3.05, 3.63) is 11.8 Å². The van der Waals surface area contributed by atoms with Crippen molar-refractivity contribution in [1.29, 1.82) is 0 Å². The van der Waals surface area contributed by atoms with Crippen LogP contribution in [0.4, 0.5) is 11.8 Å². The molecule has 2 heterocycles. The molecule has 1 aliphatic rings. The van der Waals surface area contributed by atoms with Gasteiger partial charge in [0.05, 0.1) is 0 Å². The van der Waals surface area contributed by atoms with Gasteiger partial charge in [-0.1, -0.05) is 6.42 Å². The molecule has 1 atom stereocenters. The Morgan fingerprint density at radius 3 is 3.00 bits per heavy atom. The van der Waals surface area contributed by atoms with E-state index in [2.05, 4.69) is 27.2 Å². The highest BCUT2D eigenvalue weighted by molar-refractivity contribution is 5.40. The van der Waals surface area contributed by atoms with Crippen LogP contribution in [0.1, 0.15) is 25.0 Å². The SMILES string of the molecule is Cc1cc(NCC2CCCCN2C)nc(N)n1. The third-order valence-corrected chi connectivity index (χ3v) is 3.31. The van der Waals surface area contributed by atoms with Gasteiger partial charge in [0.1, 0.15) is 5.82 Å². The van der Waals surface area contributed by atoms with Crippen LogP contribution >= 0.6 is 0 Å². The lowest BCUT2D eigenvalue weighted by atomic mass is 10.0. The summed E-state index contributed by atoms with van der Waals surface area (Å²) in [4.78, 5) is 10.7. The van der Waals surface area contributed by atoms with Crippen LogP contribution in [0.3, 0.4) is 0 Å². The first-order valence-corrected chi connectivity index (χ1v) is 6.20. The number of nitrogen functional groups attached to an aromatic ring is 1. The summed E-state index contributed by atoms with van der Waals surface area (Å²) in [6.07, 6.45) is 3.89. The Bertz CT molecular complexity index is 359. The number of piperidine rings is 1. The van der Waals surface area contributed by atoms with E-state index >= 15 is 0 Å². The first-order valence-electron chi connectivity index (χ1n) is 6.20. The molecule has 1 aromatic rings. The third-order valence-electron chi connectivity index (χ3n) is 3.31. The van der Waals surface area contributed by atoms with Gasteiger partial charge in [0.2, 0.25) is 5.95 Å². The molecule has 94 valence electrons. The number of hydrogen-bond donors (Lipinski definition) is 2. The molecule has 2 rings (SSSR count). The van der Waals surface area contributed by atoms with E-state index in [1.54, 1.807) is 0 Å².